The molecule has 0 spiro atoms. The van der Waals surface area contributed by atoms with Gasteiger partial charge in [-0.15, -0.1) is 4.59 Å². The van der Waals surface area contributed by atoms with Crippen LogP contribution in [0.15, 0.2) is 30.3 Å². The summed E-state index contributed by atoms with van der Waals surface area (Å²) >= 11 is 0. The van der Waals surface area contributed by atoms with Gasteiger partial charge in [0.1, 0.15) is 19.7 Å². The van der Waals surface area contributed by atoms with Crippen LogP contribution in [0.2, 0.25) is 0 Å². The quantitative estimate of drug-likeness (QED) is 0.645. The second kappa shape index (κ2) is 8.98. The third-order valence-electron chi connectivity index (χ3n) is 5.41. The molecule has 0 radical (unpaired) electrons. The molecule has 10 nitrogen and oxygen atoms in total. The number of hydrogen-bond donors (Lipinski definition) is 2. The summed E-state index contributed by atoms with van der Waals surface area (Å²) in [4.78, 5) is 25.8. The van der Waals surface area contributed by atoms with E-state index in [9.17, 15) is 23.1 Å². The van der Waals surface area contributed by atoms with E-state index in [2.05, 4.69) is 5.43 Å². The van der Waals surface area contributed by atoms with Crippen LogP contribution in [0.5, 0.6) is 0 Å². The van der Waals surface area contributed by atoms with Crippen LogP contribution < -0.4 is 5.43 Å². The Balaban J connectivity index is 1.76. The highest BCUT2D eigenvalue weighted by molar-refractivity contribution is 7.88. The third kappa shape index (κ3) is 5.16. The van der Waals surface area contributed by atoms with Gasteiger partial charge in [-0.25, -0.2) is 8.42 Å². The molecule has 1 aromatic carbocycles. The number of nitrogens with one attached hydrogen (secondary N) is 1. The summed E-state index contributed by atoms with van der Waals surface area (Å²) < 4.78 is 35.0. The van der Waals surface area contributed by atoms with Crippen LogP contribution in [-0.2, 0) is 30.9 Å². The predicted octanol–water partition coefficient (Wildman–Crippen LogP) is 0.336. The van der Waals surface area contributed by atoms with Crippen molar-refractivity contribution >= 4 is 22.0 Å². The Morgan fingerprint density at radius 3 is 2.47 bits per heavy atom. The fourth-order valence-corrected chi connectivity index (χ4v) is 4.37. The zero-order chi connectivity index (χ0) is 21.8. The molecule has 30 heavy (non-hydrogen) atoms. The van der Waals surface area contributed by atoms with Crippen molar-refractivity contribution in [3.8, 4) is 0 Å². The normalized spacial score (nSPS) is 24.7. The number of hydrogen-bond acceptors (Lipinski definition) is 7. The molecule has 0 aromatic heterocycles. The Morgan fingerprint density at radius 2 is 1.90 bits per heavy atom. The van der Waals surface area contributed by atoms with E-state index < -0.39 is 32.4 Å². The van der Waals surface area contributed by atoms with Gasteiger partial charge in [0.2, 0.25) is 10.0 Å². The number of nitrogens with zero attached hydrogens (tertiary/aromatic N) is 2. The molecule has 2 heterocycles. The number of amides is 2. The Hall–Kier alpha value is -2.05. The molecule has 166 valence electrons. The van der Waals surface area contributed by atoms with Crippen molar-refractivity contribution in [2.45, 2.75) is 31.7 Å². The van der Waals surface area contributed by atoms with E-state index >= 15 is 0 Å². The maximum Gasteiger partial charge on any atom is 0.541 e. The molecule has 2 aliphatic heterocycles. The van der Waals surface area contributed by atoms with E-state index in [-0.39, 0.29) is 45.8 Å². The molecule has 0 unspecified atom stereocenters. The van der Waals surface area contributed by atoms with E-state index in [0.717, 1.165) is 18.2 Å². The summed E-state index contributed by atoms with van der Waals surface area (Å²) in [7, 11) is -3.43. The van der Waals surface area contributed by atoms with Crippen LogP contribution >= 0.6 is 0 Å². The van der Waals surface area contributed by atoms with Crippen molar-refractivity contribution in [2.24, 2.45) is 0 Å². The number of piperazine rings is 1. The molecular formula is C19H28N3O7S+. The number of carbonyl (C=O) groups is 2. The lowest BCUT2D eigenvalue weighted by Gasteiger charge is -2.41. The van der Waals surface area contributed by atoms with Gasteiger partial charge in [-0.2, -0.15) is 14.5 Å². The first-order chi connectivity index (χ1) is 14.1. The first-order valence-corrected chi connectivity index (χ1v) is 11.7. The summed E-state index contributed by atoms with van der Waals surface area (Å²) in [5.41, 5.74) is 3.36. The highest BCUT2D eigenvalue weighted by Crippen LogP contribution is 2.24. The molecule has 0 aliphatic carbocycles. The fraction of sp³-hybridized carbons (Fsp3) is 0.579. The highest BCUT2D eigenvalue weighted by atomic mass is 32.2. The van der Waals surface area contributed by atoms with Crippen LogP contribution in [0.25, 0.3) is 0 Å². The number of ether oxygens (including phenoxy) is 2. The summed E-state index contributed by atoms with van der Waals surface area (Å²) in [5, 5.41) is 10.6. The van der Waals surface area contributed by atoms with Gasteiger partial charge in [0, 0.05) is 6.42 Å². The minimum atomic E-state index is -3.43. The summed E-state index contributed by atoms with van der Waals surface area (Å²) in [5.74, 6) is -2.84. The minimum Gasteiger partial charge on any atom is -0.413 e. The molecule has 0 saturated carbocycles. The summed E-state index contributed by atoms with van der Waals surface area (Å²) in [6.45, 7) is 0.249. The summed E-state index contributed by atoms with van der Waals surface area (Å²) in [6.07, 6.45) is 1.84. The molecule has 11 heteroatoms. The number of benzene rings is 1. The van der Waals surface area contributed by atoms with Crippen LogP contribution in [0.1, 0.15) is 24.8 Å². The largest absolute Gasteiger partial charge is 0.541 e. The number of rotatable bonds is 4. The fourth-order valence-electron chi connectivity index (χ4n) is 3.54. The molecule has 0 bridgehead atoms. The second-order valence-electron chi connectivity index (χ2n) is 7.65. The van der Waals surface area contributed by atoms with Gasteiger partial charge in [-0.3, -0.25) is 4.79 Å². The Morgan fingerprint density at radius 1 is 1.23 bits per heavy atom. The van der Waals surface area contributed by atoms with E-state index in [1.54, 1.807) is 12.1 Å². The van der Waals surface area contributed by atoms with E-state index in [1.807, 2.05) is 18.2 Å². The van der Waals surface area contributed by atoms with Gasteiger partial charge < -0.3 is 14.6 Å². The number of aliphatic hydroxyl groups is 1. The minimum absolute atomic E-state index is 0.00605. The topological polar surface area (TPSA) is 122 Å². The van der Waals surface area contributed by atoms with Gasteiger partial charge >= 0.3 is 12.0 Å². The van der Waals surface area contributed by atoms with Crippen molar-refractivity contribution in [2.75, 3.05) is 39.0 Å². The molecule has 2 saturated heterocycles. The van der Waals surface area contributed by atoms with Crippen molar-refractivity contribution in [1.82, 2.24) is 9.73 Å². The van der Waals surface area contributed by atoms with Crippen molar-refractivity contribution in [3.63, 3.8) is 0 Å². The summed E-state index contributed by atoms with van der Waals surface area (Å²) in [6, 6.07) is 9.08. The van der Waals surface area contributed by atoms with Gasteiger partial charge in [-0.1, -0.05) is 30.3 Å². The van der Waals surface area contributed by atoms with Crippen molar-refractivity contribution in [1.29, 1.82) is 0 Å². The average molecular weight is 443 g/mol. The molecule has 2 aliphatic rings. The first-order valence-electron chi connectivity index (χ1n) is 9.87. The van der Waals surface area contributed by atoms with E-state index in [0.29, 0.717) is 6.42 Å². The van der Waals surface area contributed by atoms with Gasteiger partial charge in [0.05, 0.1) is 26.0 Å². The molecule has 1 atom stereocenters. The molecule has 2 amide bonds. The van der Waals surface area contributed by atoms with E-state index in [4.69, 9.17) is 9.47 Å². The van der Waals surface area contributed by atoms with Crippen molar-refractivity contribution in [3.05, 3.63) is 35.9 Å². The van der Waals surface area contributed by atoms with Crippen LogP contribution in [-0.4, -0.2) is 79.3 Å². The molecule has 1 aromatic rings. The van der Waals surface area contributed by atoms with Crippen molar-refractivity contribution < 1.29 is 37.2 Å². The van der Waals surface area contributed by atoms with Gasteiger partial charge in [-0.05, 0) is 18.4 Å². The maximum absolute atomic E-state index is 13.0. The van der Waals surface area contributed by atoms with Crippen LogP contribution in [0.4, 0.5) is 4.79 Å². The highest BCUT2D eigenvalue weighted by Gasteiger charge is 2.50. The molecule has 3 rings (SSSR count). The Bertz CT molecular complexity index is 861. The monoisotopic (exact) mass is 442 g/mol. The number of quaternary nitrogens is 1. The molecule has 2 fully saturated rings. The standard InChI is InChI=1S/C19H27N3O7S/c1-30(26,27)21-10-12-22(13-11-21,18(24)28-15-16-7-3-2-4-8-16)20-17(23)19(25)9-5-6-14-29-19/h2-4,7-8,25H,5-6,9-15H2,1H3/p+1/t19-/m1/s1. The third-order valence-corrected chi connectivity index (χ3v) is 6.71. The Kier molecular flexibility index (Phi) is 6.78. The zero-order valence-electron chi connectivity index (χ0n) is 17.0. The molecular weight excluding hydrogens is 414 g/mol. The Labute approximate surface area is 176 Å². The smallest absolute Gasteiger partial charge is 0.413 e. The lowest BCUT2D eigenvalue weighted by molar-refractivity contribution is -0.897. The van der Waals surface area contributed by atoms with E-state index in [1.165, 1.54) is 4.31 Å². The number of sulfonamides is 1. The molecule has 2 N–H and O–H groups in total. The average Bonchev–Trinajstić information content (AvgIpc) is 2.73. The lowest BCUT2D eigenvalue weighted by Crippen LogP contribution is -2.73. The van der Waals surface area contributed by atoms with Gasteiger partial charge in [0.25, 0.3) is 5.79 Å². The maximum atomic E-state index is 13.0. The SMILES string of the molecule is CS(=O)(=O)N1CC[N+](NC(=O)[C@@]2(O)CCCCO2)(C(=O)OCc2ccccc2)CC1. The first kappa shape index (κ1) is 22.6. The zero-order valence-corrected chi connectivity index (χ0v) is 17.8. The van der Waals surface area contributed by atoms with Crippen LogP contribution in [0.3, 0.4) is 0 Å². The number of carbonyl (C=O) groups excluding carboxylic acids is 2. The van der Waals surface area contributed by atoms with Crippen LogP contribution in [0, 0.1) is 0 Å². The van der Waals surface area contributed by atoms with Gasteiger partial charge in [0.15, 0.2) is 0 Å². The lowest BCUT2D eigenvalue weighted by atomic mass is 10.1. The predicted molar refractivity (Wildman–Crippen MR) is 106 cm³/mol. The second-order valence-corrected chi connectivity index (χ2v) is 9.63.